The Kier molecular flexibility index (Phi) is 5.23. The van der Waals surface area contributed by atoms with Gasteiger partial charge < -0.3 is 29.7 Å². The highest BCUT2D eigenvalue weighted by molar-refractivity contribution is 5.80. The number of alkyl carbamates (subject to hydrolysis) is 1. The van der Waals surface area contributed by atoms with Gasteiger partial charge >= 0.3 is 12.1 Å². The van der Waals surface area contributed by atoms with E-state index in [-0.39, 0.29) is 19.0 Å². The van der Waals surface area contributed by atoms with Crippen LogP contribution in [0.5, 0.6) is 11.5 Å². The van der Waals surface area contributed by atoms with Crippen molar-refractivity contribution >= 4 is 12.1 Å². The van der Waals surface area contributed by atoms with E-state index in [2.05, 4.69) is 5.32 Å². The fraction of sp³-hybridized carbons (Fsp3) is 0.222. The van der Waals surface area contributed by atoms with Crippen LogP contribution >= 0.6 is 0 Å². The number of nitrogens with one attached hydrogen (secondary N) is 1. The number of carbonyl (C=O) groups excluding carboxylic acids is 1. The fourth-order valence-corrected chi connectivity index (χ4v) is 2.46. The number of aliphatic hydroxyl groups excluding tert-OH is 1. The molecule has 0 saturated carbocycles. The predicted octanol–water partition coefficient (Wildman–Crippen LogP) is 1.83. The van der Waals surface area contributed by atoms with Crippen LogP contribution in [0.2, 0.25) is 0 Å². The summed E-state index contributed by atoms with van der Waals surface area (Å²) in [6.45, 7) is 0.0421. The second-order valence-corrected chi connectivity index (χ2v) is 5.58. The molecule has 26 heavy (non-hydrogen) atoms. The highest BCUT2D eigenvalue weighted by atomic mass is 16.7. The van der Waals surface area contributed by atoms with E-state index in [9.17, 15) is 19.8 Å². The lowest BCUT2D eigenvalue weighted by atomic mass is 10.0. The molecule has 1 heterocycles. The van der Waals surface area contributed by atoms with Crippen molar-refractivity contribution < 1.29 is 34.0 Å². The van der Waals surface area contributed by atoms with Crippen LogP contribution in [-0.2, 0) is 16.1 Å². The first-order valence-corrected chi connectivity index (χ1v) is 7.82. The molecular formula is C18H17NO7. The largest absolute Gasteiger partial charge is 0.480 e. The van der Waals surface area contributed by atoms with Gasteiger partial charge in [0.1, 0.15) is 12.7 Å². The van der Waals surface area contributed by atoms with Gasteiger partial charge in [-0.15, -0.1) is 0 Å². The number of carboxylic acid groups (broad SMARTS) is 1. The molecule has 8 heteroatoms. The minimum absolute atomic E-state index is 0.0148. The predicted molar refractivity (Wildman–Crippen MR) is 88.7 cm³/mol. The minimum atomic E-state index is -1.58. The molecule has 2 aromatic rings. The number of rotatable bonds is 6. The lowest BCUT2D eigenvalue weighted by Gasteiger charge is -2.20. The number of aliphatic hydroxyl groups is 1. The normalized spacial score (nSPS) is 14.3. The first-order valence-electron chi connectivity index (χ1n) is 7.82. The lowest BCUT2D eigenvalue weighted by Crippen LogP contribution is -2.45. The summed E-state index contributed by atoms with van der Waals surface area (Å²) >= 11 is 0. The smallest absolute Gasteiger partial charge is 0.408 e. The quantitative estimate of drug-likeness (QED) is 0.721. The van der Waals surface area contributed by atoms with E-state index in [0.717, 1.165) is 5.56 Å². The Balaban J connectivity index is 1.64. The van der Waals surface area contributed by atoms with E-state index >= 15 is 0 Å². The summed E-state index contributed by atoms with van der Waals surface area (Å²) in [5.41, 5.74) is 1.02. The van der Waals surface area contributed by atoms with Crippen LogP contribution in [0.4, 0.5) is 4.79 Å². The Morgan fingerprint density at radius 2 is 1.85 bits per heavy atom. The van der Waals surface area contributed by atoms with Crippen molar-refractivity contribution in [1.29, 1.82) is 0 Å². The lowest BCUT2D eigenvalue weighted by molar-refractivity contribution is -0.142. The maximum atomic E-state index is 11.9. The number of hydrogen-bond donors (Lipinski definition) is 3. The van der Waals surface area contributed by atoms with Gasteiger partial charge in [-0.3, -0.25) is 0 Å². The summed E-state index contributed by atoms with van der Waals surface area (Å²) in [6, 6.07) is 11.9. The van der Waals surface area contributed by atoms with Crippen molar-refractivity contribution in [2.75, 3.05) is 6.79 Å². The molecule has 0 radical (unpaired) electrons. The third-order valence-electron chi connectivity index (χ3n) is 3.81. The van der Waals surface area contributed by atoms with E-state index in [1.807, 2.05) is 6.07 Å². The van der Waals surface area contributed by atoms with E-state index in [4.69, 9.17) is 14.2 Å². The zero-order valence-electron chi connectivity index (χ0n) is 13.6. The van der Waals surface area contributed by atoms with E-state index < -0.39 is 24.2 Å². The highest BCUT2D eigenvalue weighted by Gasteiger charge is 2.31. The molecule has 0 aliphatic carbocycles. The van der Waals surface area contributed by atoms with Crippen LogP contribution in [0.25, 0.3) is 0 Å². The molecule has 0 fully saturated rings. The number of fused-ring (bicyclic) bond motifs is 1. The van der Waals surface area contributed by atoms with Crippen molar-refractivity contribution in [2.45, 2.75) is 18.8 Å². The molecule has 3 N–H and O–H groups in total. The monoisotopic (exact) mass is 359 g/mol. The van der Waals surface area contributed by atoms with Crippen molar-refractivity contribution in [1.82, 2.24) is 5.32 Å². The Labute approximate surface area is 148 Å². The van der Waals surface area contributed by atoms with Gasteiger partial charge in [0.25, 0.3) is 0 Å². The van der Waals surface area contributed by atoms with Gasteiger partial charge in [0.2, 0.25) is 6.79 Å². The molecule has 0 spiro atoms. The topological polar surface area (TPSA) is 114 Å². The molecule has 136 valence electrons. The molecule has 1 unspecified atom stereocenters. The van der Waals surface area contributed by atoms with Gasteiger partial charge in [-0.25, -0.2) is 9.59 Å². The van der Waals surface area contributed by atoms with Gasteiger partial charge in [0, 0.05) is 0 Å². The molecule has 1 aliphatic rings. The Hall–Kier alpha value is -3.26. The molecule has 2 atom stereocenters. The Morgan fingerprint density at radius 1 is 1.12 bits per heavy atom. The molecule has 1 aliphatic heterocycles. The SMILES string of the molecule is O=C(N[C@H](C(=O)O)C(O)c1ccc2c(c1)OCO2)OCc1ccccc1. The molecule has 0 saturated heterocycles. The average Bonchev–Trinajstić information content (AvgIpc) is 3.12. The summed E-state index contributed by atoms with van der Waals surface area (Å²) in [5, 5.41) is 21.9. The highest BCUT2D eigenvalue weighted by Crippen LogP contribution is 2.34. The van der Waals surface area contributed by atoms with Crippen molar-refractivity contribution in [2.24, 2.45) is 0 Å². The number of ether oxygens (including phenoxy) is 3. The van der Waals surface area contributed by atoms with Crippen LogP contribution in [0.3, 0.4) is 0 Å². The number of carbonyl (C=O) groups is 2. The summed E-state index contributed by atoms with van der Waals surface area (Å²) < 4.78 is 15.4. The number of benzene rings is 2. The van der Waals surface area contributed by atoms with Gasteiger partial charge in [0.05, 0.1) is 0 Å². The fourth-order valence-electron chi connectivity index (χ4n) is 2.46. The van der Waals surface area contributed by atoms with Gasteiger partial charge in [0.15, 0.2) is 17.5 Å². The first-order chi connectivity index (χ1) is 12.5. The number of amides is 1. The van der Waals surface area contributed by atoms with Crippen molar-refractivity contribution in [3.05, 3.63) is 59.7 Å². The molecule has 2 aromatic carbocycles. The standard InChI is InChI=1S/C18H17NO7/c20-16(12-6-7-13-14(8-12)26-10-25-13)15(17(21)22)19-18(23)24-9-11-4-2-1-3-5-11/h1-8,15-16,20H,9-10H2,(H,19,23)(H,21,22)/t15-,16?/m0/s1. The molecule has 0 aromatic heterocycles. The molecule has 3 rings (SSSR count). The Morgan fingerprint density at radius 3 is 2.58 bits per heavy atom. The third-order valence-corrected chi connectivity index (χ3v) is 3.81. The van der Waals surface area contributed by atoms with Crippen molar-refractivity contribution in [3.63, 3.8) is 0 Å². The van der Waals surface area contributed by atoms with Crippen LogP contribution in [0.15, 0.2) is 48.5 Å². The second-order valence-electron chi connectivity index (χ2n) is 5.58. The number of aliphatic carboxylic acids is 1. The molecule has 1 amide bonds. The first kappa shape index (κ1) is 17.6. The zero-order valence-corrected chi connectivity index (χ0v) is 13.6. The number of carboxylic acids is 1. The molecule has 8 nitrogen and oxygen atoms in total. The summed E-state index contributed by atoms with van der Waals surface area (Å²) in [6.07, 6.45) is -2.44. The second kappa shape index (κ2) is 7.75. The molecular weight excluding hydrogens is 342 g/mol. The van der Waals surface area contributed by atoms with Crippen molar-refractivity contribution in [3.8, 4) is 11.5 Å². The summed E-state index contributed by atoms with van der Waals surface area (Å²) in [5.74, 6) is -0.493. The van der Waals surface area contributed by atoms with Gasteiger partial charge in [-0.05, 0) is 23.3 Å². The van der Waals surface area contributed by atoms with Crippen LogP contribution in [0.1, 0.15) is 17.2 Å². The van der Waals surface area contributed by atoms with Crippen LogP contribution < -0.4 is 14.8 Å². The Bertz CT molecular complexity index is 793. The van der Waals surface area contributed by atoms with E-state index in [0.29, 0.717) is 11.5 Å². The van der Waals surface area contributed by atoms with Gasteiger partial charge in [-0.2, -0.15) is 0 Å². The minimum Gasteiger partial charge on any atom is -0.480 e. The van der Waals surface area contributed by atoms with E-state index in [1.54, 1.807) is 30.3 Å². The maximum Gasteiger partial charge on any atom is 0.408 e. The van der Waals surface area contributed by atoms with E-state index in [1.165, 1.54) is 12.1 Å². The van der Waals surface area contributed by atoms with Crippen LogP contribution in [-0.4, -0.2) is 35.1 Å². The summed E-state index contributed by atoms with van der Waals surface area (Å²) in [4.78, 5) is 23.4. The van der Waals surface area contributed by atoms with Crippen LogP contribution in [0, 0.1) is 0 Å². The number of hydrogen-bond acceptors (Lipinski definition) is 6. The maximum absolute atomic E-state index is 11.9. The van der Waals surface area contributed by atoms with Gasteiger partial charge in [-0.1, -0.05) is 36.4 Å². The average molecular weight is 359 g/mol. The summed E-state index contributed by atoms with van der Waals surface area (Å²) in [7, 11) is 0. The third kappa shape index (κ3) is 4.04. The zero-order chi connectivity index (χ0) is 18.5. The molecule has 0 bridgehead atoms.